The minimum Gasteiger partial charge on any atom is -0.377 e. The molecule has 0 N–H and O–H groups in total. The predicted octanol–water partition coefficient (Wildman–Crippen LogP) is 11.3. The van der Waals surface area contributed by atoms with E-state index in [0.717, 1.165) is 0 Å². The fourth-order valence-electron chi connectivity index (χ4n) is 9.50. The molecule has 0 saturated heterocycles. The summed E-state index contributed by atoms with van der Waals surface area (Å²) in [5.74, 6) is 0. The quantitative estimate of drug-likeness (QED) is 0.201. The van der Waals surface area contributed by atoms with Crippen molar-refractivity contribution in [3.8, 4) is 0 Å². The fraction of sp³-hybridized carbons (Fsp3) is 0.381. The van der Waals surface area contributed by atoms with Gasteiger partial charge in [0.05, 0.1) is 0 Å². The summed E-state index contributed by atoms with van der Waals surface area (Å²) in [4.78, 5) is 4.69. The van der Waals surface area contributed by atoms with Crippen LogP contribution in [0.25, 0.3) is 64.6 Å². The fourth-order valence-corrected chi connectivity index (χ4v) is 9.50. The lowest BCUT2D eigenvalue weighted by molar-refractivity contribution is 1.12. The number of anilines is 2. The highest BCUT2D eigenvalue weighted by molar-refractivity contribution is 6.43. The lowest BCUT2D eigenvalue weighted by atomic mass is 9.87. The van der Waals surface area contributed by atoms with Gasteiger partial charge in [-0.05, 0) is 193 Å². The molecule has 0 amide bonds. The number of hydrogen-bond donors (Lipinski definition) is 0. The number of benzene rings is 5. The summed E-state index contributed by atoms with van der Waals surface area (Å²) in [5.41, 5.74) is 19.8. The van der Waals surface area contributed by atoms with Gasteiger partial charge in [0.15, 0.2) is 0 Å². The molecule has 0 aliphatic carbocycles. The maximum absolute atomic E-state index is 2.43. The van der Waals surface area contributed by atoms with Gasteiger partial charge in [-0.25, -0.2) is 0 Å². The third-order valence-corrected chi connectivity index (χ3v) is 12.2. The van der Waals surface area contributed by atoms with Crippen LogP contribution in [0.1, 0.15) is 66.8 Å². The van der Waals surface area contributed by atoms with Crippen molar-refractivity contribution < 1.29 is 0 Å². The molecule has 0 aliphatic heterocycles. The van der Waals surface area contributed by atoms with Gasteiger partial charge >= 0.3 is 0 Å². The second kappa shape index (κ2) is 8.90. The topological polar surface area (TPSA) is 6.48 Å². The minimum atomic E-state index is 1.37. The molecule has 0 atom stereocenters. The zero-order valence-corrected chi connectivity index (χ0v) is 29.9. The highest BCUT2D eigenvalue weighted by Crippen LogP contribution is 2.56. The van der Waals surface area contributed by atoms with E-state index in [1.165, 1.54) is 143 Å². The van der Waals surface area contributed by atoms with Crippen molar-refractivity contribution in [2.75, 3.05) is 38.0 Å². The SMILES string of the molecule is Cc1c(C)c2c(N(C)C)c(C)c(C)c3c4c(C)c5c(c(C)c4c(c1C)c23)c1c(C)c(C)c(C)c2c(N(C)C)c(C)c(C)c5c21. The van der Waals surface area contributed by atoms with E-state index in [1.807, 2.05) is 0 Å². The molecule has 44 heavy (non-hydrogen) atoms. The molecule has 0 aliphatic rings. The first kappa shape index (κ1) is 29.0. The summed E-state index contributed by atoms with van der Waals surface area (Å²) in [6.45, 7) is 28.4. The van der Waals surface area contributed by atoms with Gasteiger partial charge in [-0.2, -0.15) is 0 Å². The maximum atomic E-state index is 2.43. The molecular weight excluding hydrogens is 532 g/mol. The predicted molar refractivity (Wildman–Crippen MR) is 199 cm³/mol. The van der Waals surface area contributed by atoms with Crippen molar-refractivity contribution in [1.29, 1.82) is 0 Å². The van der Waals surface area contributed by atoms with Gasteiger partial charge in [-0.3, -0.25) is 0 Å². The van der Waals surface area contributed by atoms with Gasteiger partial charge in [0, 0.05) is 61.1 Å². The largest absolute Gasteiger partial charge is 0.377 e. The molecule has 7 rings (SSSR count). The van der Waals surface area contributed by atoms with Gasteiger partial charge in [0.2, 0.25) is 0 Å². The number of fused-ring (bicyclic) bond motifs is 6. The van der Waals surface area contributed by atoms with Gasteiger partial charge in [-0.15, -0.1) is 0 Å². The molecule has 0 bridgehead atoms. The molecule has 0 unspecified atom stereocenters. The summed E-state index contributed by atoms with van der Waals surface area (Å²) >= 11 is 0. The van der Waals surface area contributed by atoms with Crippen molar-refractivity contribution in [3.63, 3.8) is 0 Å². The monoisotopic (exact) mass is 580 g/mol. The lowest BCUT2D eigenvalue weighted by Crippen LogP contribution is -2.12. The Morgan fingerprint density at radius 1 is 0.205 bits per heavy atom. The summed E-state index contributed by atoms with van der Waals surface area (Å²) in [6, 6.07) is 0. The number of rotatable bonds is 2. The number of hydrogen-bond acceptors (Lipinski definition) is 2. The minimum absolute atomic E-state index is 1.37. The van der Waals surface area contributed by atoms with E-state index in [9.17, 15) is 0 Å². The average Bonchev–Trinajstić information content (AvgIpc) is 3.51. The first-order valence-electron chi connectivity index (χ1n) is 16.2. The average molecular weight is 581 g/mol. The van der Waals surface area contributed by atoms with Crippen LogP contribution in [0, 0.1) is 83.1 Å². The van der Waals surface area contributed by atoms with Crippen molar-refractivity contribution >= 4 is 76.0 Å². The molecule has 0 radical (unpaired) electrons. The molecule has 0 heterocycles. The van der Waals surface area contributed by atoms with E-state index in [1.54, 1.807) is 0 Å². The normalized spacial score (nSPS) is 12.5. The highest BCUT2D eigenvalue weighted by atomic mass is 15.1. The van der Waals surface area contributed by atoms with E-state index in [-0.39, 0.29) is 0 Å². The number of aryl methyl sites for hydroxylation is 8. The van der Waals surface area contributed by atoms with Crippen LogP contribution in [0.5, 0.6) is 0 Å². The maximum Gasteiger partial charge on any atom is 0.0476 e. The standard InChI is InChI=1S/C42H48N2/c1-17-19(3)29-33-27(11)34-30-20(4)18(2)22(6)38-40(30)32(24(8)26(10)42(38)44(15)16)36(34)28(12)35(33)31-23(7)25(9)41(43(13)14)37(21(17)5)39(29)31/h1-16H3. The zero-order valence-electron chi connectivity index (χ0n) is 29.9. The second-order valence-electron chi connectivity index (χ2n) is 14.5. The molecule has 0 fully saturated rings. The second-order valence-corrected chi connectivity index (χ2v) is 14.5. The van der Waals surface area contributed by atoms with Gasteiger partial charge in [0.1, 0.15) is 0 Å². The Morgan fingerprint density at radius 3 is 0.659 bits per heavy atom. The molecular formula is C42H48N2. The summed E-state index contributed by atoms with van der Waals surface area (Å²) in [6.07, 6.45) is 0. The van der Waals surface area contributed by atoms with Crippen LogP contribution in [-0.2, 0) is 0 Å². The van der Waals surface area contributed by atoms with Crippen molar-refractivity contribution in [1.82, 2.24) is 0 Å². The van der Waals surface area contributed by atoms with Crippen molar-refractivity contribution in [2.24, 2.45) is 0 Å². The van der Waals surface area contributed by atoms with Crippen LogP contribution in [0.3, 0.4) is 0 Å². The third-order valence-electron chi connectivity index (χ3n) is 12.2. The lowest BCUT2D eigenvalue weighted by Gasteiger charge is -2.24. The summed E-state index contributed by atoms with van der Waals surface area (Å²) in [7, 11) is 8.85. The molecule has 7 aromatic rings. The van der Waals surface area contributed by atoms with E-state index in [0.29, 0.717) is 0 Å². The Balaban J connectivity index is 1.94. The van der Waals surface area contributed by atoms with Crippen LogP contribution in [0.15, 0.2) is 0 Å². The van der Waals surface area contributed by atoms with Gasteiger partial charge < -0.3 is 9.80 Å². The summed E-state index contributed by atoms with van der Waals surface area (Å²) < 4.78 is 0. The molecule has 226 valence electrons. The van der Waals surface area contributed by atoms with Crippen molar-refractivity contribution in [2.45, 2.75) is 83.1 Å². The zero-order chi connectivity index (χ0) is 32.2. The van der Waals surface area contributed by atoms with E-state index < -0.39 is 0 Å². The van der Waals surface area contributed by atoms with Crippen LogP contribution in [-0.4, -0.2) is 28.2 Å². The molecule has 0 aromatic heterocycles. The molecule has 0 spiro atoms. The number of nitrogens with zero attached hydrogens (tertiary/aromatic N) is 2. The first-order valence-corrected chi connectivity index (χ1v) is 16.2. The van der Waals surface area contributed by atoms with Gasteiger partial charge in [0.25, 0.3) is 0 Å². The summed E-state index contributed by atoms with van der Waals surface area (Å²) in [5, 5.41) is 17.6. The Labute approximate surface area is 263 Å². The van der Waals surface area contributed by atoms with Crippen LogP contribution in [0.2, 0.25) is 0 Å². The van der Waals surface area contributed by atoms with Gasteiger partial charge in [-0.1, -0.05) is 0 Å². The van der Waals surface area contributed by atoms with E-state index in [2.05, 4.69) is 121 Å². The Kier molecular flexibility index (Phi) is 5.86. The Morgan fingerprint density at radius 2 is 0.409 bits per heavy atom. The van der Waals surface area contributed by atoms with Crippen LogP contribution < -0.4 is 9.80 Å². The van der Waals surface area contributed by atoms with Crippen LogP contribution >= 0.6 is 0 Å². The molecule has 2 heteroatoms. The Bertz CT molecular complexity index is 2200. The molecule has 2 nitrogen and oxygen atoms in total. The smallest absolute Gasteiger partial charge is 0.0476 e. The first-order chi connectivity index (χ1) is 20.6. The Hall–Kier alpha value is -3.78. The van der Waals surface area contributed by atoms with Crippen LogP contribution in [0.4, 0.5) is 11.4 Å². The van der Waals surface area contributed by atoms with Crippen molar-refractivity contribution in [3.05, 3.63) is 66.8 Å². The molecule has 0 saturated carbocycles. The van der Waals surface area contributed by atoms with E-state index in [4.69, 9.17) is 0 Å². The molecule has 7 aromatic carbocycles. The van der Waals surface area contributed by atoms with E-state index >= 15 is 0 Å². The third kappa shape index (κ3) is 3.03. The highest BCUT2D eigenvalue weighted by Gasteiger charge is 2.31.